The Labute approximate surface area is 169 Å². The largest absolute Gasteiger partial charge is 0.465 e. The van der Waals surface area contributed by atoms with Crippen molar-refractivity contribution in [1.82, 2.24) is 25.1 Å². The summed E-state index contributed by atoms with van der Waals surface area (Å²) in [4.78, 5) is 39.8. The van der Waals surface area contributed by atoms with E-state index >= 15 is 0 Å². The Bertz CT molecular complexity index is 847. The molecule has 9 nitrogen and oxygen atoms in total. The minimum absolute atomic E-state index is 0.00599. The lowest BCUT2D eigenvalue weighted by Gasteiger charge is -2.38. The Morgan fingerprint density at radius 3 is 2.72 bits per heavy atom. The van der Waals surface area contributed by atoms with Gasteiger partial charge in [-0.3, -0.25) is 19.5 Å². The Morgan fingerprint density at radius 2 is 2.03 bits per heavy atom. The Morgan fingerprint density at radius 1 is 1.21 bits per heavy atom. The molecule has 1 unspecified atom stereocenters. The molecule has 2 amide bonds. The van der Waals surface area contributed by atoms with Crippen LogP contribution in [0.3, 0.4) is 0 Å². The normalized spacial score (nSPS) is 20.6. The Kier molecular flexibility index (Phi) is 5.75. The second kappa shape index (κ2) is 8.60. The fourth-order valence-corrected chi connectivity index (χ4v) is 3.88. The number of piperazine rings is 2. The van der Waals surface area contributed by atoms with Crippen molar-refractivity contribution in [2.24, 2.45) is 0 Å². The number of hydrogen-bond acceptors (Lipinski definition) is 7. The molecule has 2 aliphatic rings. The summed E-state index contributed by atoms with van der Waals surface area (Å²) in [5, 5.41) is 2.88. The monoisotopic (exact) mass is 398 g/mol. The molecular formula is C20H26N6O3. The van der Waals surface area contributed by atoms with E-state index in [2.05, 4.69) is 20.2 Å². The van der Waals surface area contributed by atoms with Crippen molar-refractivity contribution >= 4 is 17.6 Å². The number of anilines is 1. The van der Waals surface area contributed by atoms with Crippen LogP contribution >= 0.6 is 0 Å². The number of nitrogens with one attached hydrogen (secondary N) is 1. The quantitative estimate of drug-likeness (QED) is 0.780. The van der Waals surface area contributed by atoms with Crippen LogP contribution in [0.1, 0.15) is 17.9 Å². The van der Waals surface area contributed by atoms with Crippen LogP contribution in [0.25, 0.3) is 0 Å². The molecule has 9 heteroatoms. The van der Waals surface area contributed by atoms with Gasteiger partial charge in [-0.05, 0) is 19.1 Å². The highest BCUT2D eigenvalue weighted by atomic mass is 16.3. The second-order valence-electron chi connectivity index (χ2n) is 7.43. The maximum absolute atomic E-state index is 12.9. The Hall–Kier alpha value is -2.94. The summed E-state index contributed by atoms with van der Waals surface area (Å²) in [6.07, 6.45) is 5.23. The van der Waals surface area contributed by atoms with E-state index in [9.17, 15) is 9.59 Å². The summed E-state index contributed by atoms with van der Waals surface area (Å²) in [5.74, 6) is 2.39. The van der Waals surface area contributed by atoms with E-state index in [0.29, 0.717) is 45.8 Å². The van der Waals surface area contributed by atoms with Crippen molar-refractivity contribution in [3.05, 3.63) is 42.2 Å². The molecule has 1 atom stereocenters. The fourth-order valence-electron chi connectivity index (χ4n) is 3.88. The molecule has 1 N–H and O–H groups in total. The summed E-state index contributed by atoms with van der Waals surface area (Å²) in [6.45, 7) is 6.34. The highest BCUT2D eigenvalue weighted by Gasteiger charge is 2.34. The molecule has 4 heterocycles. The molecule has 2 aromatic heterocycles. The summed E-state index contributed by atoms with van der Waals surface area (Å²) in [6, 6.07) is 3.36. The number of aromatic nitrogens is 2. The maximum Gasteiger partial charge on any atom is 0.237 e. The van der Waals surface area contributed by atoms with Crippen LogP contribution in [-0.2, 0) is 16.1 Å². The van der Waals surface area contributed by atoms with Gasteiger partial charge in [-0.1, -0.05) is 0 Å². The first-order valence-electron chi connectivity index (χ1n) is 9.96. The van der Waals surface area contributed by atoms with Crippen molar-refractivity contribution < 1.29 is 14.0 Å². The van der Waals surface area contributed by atoms with Gasteiger partial charge in [0.15, 0.2) is 0 Å². The SMILES string of the molecule is Cc1ccc(CN2CCNC(=O)C2CC(=O)N2CCN(c3cnccn3)CC2)o1. The molecule has 2 fully saturated rings. The van der Waals surface area contributed by atoms with E-state index in [1.165, 1.54) is 0 Å². The fraction of sp³-hybridized carbons (Fsp3) is 0.500. The van der Waals surface area contributed by atoms with Crippen LogP contribution in [0, 0.1) is 6.92 Å². The molecule has 0 saturated carbocycles. The lowest BCUT2D eigenvalue weighted by Crippen LogP contribution is -2.57. The average molecular weight is 398 g/mol. The predicted molar refractivity (Wildman–Crippen MR) is 106 cm³/mol. The van der Waals surface area contributed by atoms with Crippen molar-refractivity contribution in [2.75, 3.05) is 44.2 Å². The first-order valence-corrected chi connectivity index (χ1v) is 9.96. The van der Waals surface area contributed by atoms with Crippen LogP contribution in [0.5, 0.6) is 0 Å². The molecule has 0 radical (unpaired) electrons. The van der Waals surface area contributed by atoms with E-state index in [1.807, 2.05) is 28.9 Å². The minimum Gasteiger partial charge on any atom is -0.465 e. The van der Waals surface area contributed by atoms with Gasteiger partial charge >= 0.3 is 0 Å². The van der Waals surface area contributed by atoms with Crippen LogP contribution < -0.4 is 10.2 Å². The van der Waals surface area contributed by atoms with Crippen LogP contribution in [0.4, 0.5) is 5.82 Å². The highest BCUT2D eigenvalue weighted by Crippen LogP contribution is 2.18. The van der Waals surface area contributed by atoms with E-state index < -0.39 is 6.04 Å². The molecule has 0 aliphatic carbocycles. The Balaban J connectivity index is 1.35. The topological polar surface area (TPSA) is 94.8 Å². The molecule has 2 aromatic rings. The van der Waals surface area contributed by atoms with Gasteiger partial charge in [-0.2, -0.15) is 0 Å². The number of nitrogens with zero attached hydrogens (tertiary/aromatic N) is 5. The number of aryl methyl sites for hydroxylation is 1. The smallest absolute Gasteiger partial charge is 0.237 e. The first kappa shape index (κ1) is 19.4. The molecule has 4 rings (SSSR count). The second-order valence-corrected chi connectivity index (χ2v) is 7.43. The van der Waals surface area contributed by atoms with Gasteiger partial charge in [0, 0.05) is 51.7 Å². The molecule has 2 aliphatic heterocycles. The number of hydrogen-bond donors (Lipinski definition) is 1. The molecule has 0 aromatic carbocycles. The number of rotatable bonds is 5. The average Bonchev–Trinajstić information content (AvgIpc) is 3.16. The van der Waals surface area contributed by atoms with Crippen molar-refractivity contribution in [2.45, 2.75) is 25.9 Å². The number of furan rings is 1. The zero-order valence-electron chi connectivity index (χ0n) is 16.6. The van der Waals surface area contributed by atoms with E-state index in [1.54, 1.807) is 18.6 Å². The summed E-state index contributed by atoms with van der Waals surface area (Å²) in [5.41, 5.74) is 0. The lowest BCUT2D eigenvalue weighted by atomic mass is 10.1. The zero-order valence-corrected chi connectivity index (χ0v) is 16.6. The van der Waals surface area contributed by atoms with Crippen LogP contribution in [-0.4, -0.2) is 76.9 Å². The van der Waals surface area contributed by atoms with E-state index in [4.69, 9.17) is 4.42 Å². The van der Waals surface area contributed by atoms with Gasteiger partial charge in [-0.15, -0.1) is 0 Å². The van der Waals surface area contributed by atoms with Crippen molar-refractivity contribution in [1.29, 1.82) is 0 Å². The predicted octanol–water partition coefficient (Wildman–Crippen LogP) is 0.417. The van der Waals surface area contributed by atoms with Crippen LogP contribution in [0.2, 0.25) is 0 Å². The van der Waals surface area contributed by atoms with E-state index in [-0.39, 0.29) is 18.2 Å². The summed E-state index contributed by atoms with van der Waals surface area (Å²) >= 11 is 0. The number of amides is 2. The van der Waals surface area contributed by atoms with Gasteiger partial charge in [0.05, 0.1) is 25.2 Å². The van der Waals surface area contributed by atoms with Gasteiger partial charge in [-0.25, -0.2) is 4.98 Å². The molecule has 29 heavy (non-hydrogen) atoms. The van der Waals surface area contributed by atoms with Gasteiger partial charge < -0.3 is 19.5 Å². The molecule has 0 spiro atoms. The summed E-state index contributed by atoms with van der Waals surface area (Å²) < 4.78 is 5.66. The van der Waals surface area contributed by atoms with Crippen molar-refractivity contribution in [3.63, 3.8) is 0 Å². The maximum atomic E-state index is 12.9. The third-order valence-corrected chi connectivity index (χ3v) is 5.47. The van der Waals surface area contributed by atoms with Crippen LogP contribution in [0.15, 0.2) is 35.1 Å². The van der Waals surface area contributed by atoms with E-state index in [0.717, 1.165) is 17.3 Å². The standard InChI is InChI=1S/C20H26N6O3/c1-15-2-3-16(29-15)14-26-7-6-23-20(28)17(26)12-19(27)25-10-8-24(9-11-25)18-13-21-4-5-22-18/h2-5,13,17H,6-12,14H2,1H3,(H,23,28). The molecular weight excluding hydrogens is 372 g/mol. The molecule has 2 saturated heterocycles. The van der Waals surface area contributed by atoms with Crippen molar-refractivity contribution in [3.8, 4) is 0 Å². The van der Waals surface area contributed by atoms with Gasteiger partial charge in [0.2, 0.25) is 11.8 Å². The number of carbonyl (C=O) groups excluding carboxylic acids is 2. The lowest BCUT2D eigenvalue weighted by molar-refractivity contribution is -0.139. The summed E-state index contributed by atoms with van der Waals surface area (Å²) in [7, 11) is 0. The molecule has 0 bridgehead atoms. The number of carbonyl (C=O) groups is 2. The third-order valence-electron chi connectivity index (χ3n) is 5.47. The first-order chi connectivity index (χ1) is 14.1. The third kappa shape index (κ3) is 4.56. The van der Waals surface area contributed by atoms with Gasteiger partial charge in [0.1, 0.15) is 17.3 Å². The van der Waals surface area contributed by atoms with Gasteiger partial charge in [0.25, 0.3) is 0 Å². The minimum atomic E-state index is -0.473. The highest BCUT2D eigenvalue weighted by molar-refractivity contribution is 5.89. The molecule has 154 valence electrons. The zero-order chi connectivity index (χ0) is 20.2.